The lowest BCUT2D eigenvalue weighted by Crippen LogP contribution is -2.18. The molecule has 0 heterocycles. The molecule has 0 unspecified atom stereocenters. The average Bonchev–Trinajstić information content (AvgIpc) is 2.47. The highest BCUT2D eigenvalue weighted by molar-refractivity contribution is 6.36. The molecule has 0 radical (unpaired) electrons. The number of nitro groups is 1. The van der Waals surface area contributed by atoms with Crippen molar-refractivity contribution < 1.29 is 9.72 Å². The molecule has 8 heteroatoms. The van der Waals surface area contributed by atoms with Gasteiger partial charge in [0.1, 0.15) is 0 Å². The first-order valence-corrected chi connectivity index (χ1v) is 6.76. The maximum Gasteiger partial charge on any atom is 0.272 e. The molecule has 1 amide bonds. The Balaban J connectivity index is 2.07. The van der Waals surface area contributed by atoms with Crippen molar-refractivity contribution in [2.75, 3.05) is 0 Å². The highest BCUT2D eigenvalue weighted by atomic mass is 35.5. The zero-order valence-corrected chi connectivity index (χ0v) is 12.5. The molecule has 0 aliphatic carbocycles. The number of amides is 1. The van der Waals surface area contributed by atoms with E-state index in [4.69, 9.17) is 23.2 Å². The van der Waals surface area contributed by atoms with Crippen molar-refractivity contribution in [2.24, 2.45) is 5.10 Å². The third-order valence-corrected chi connectivity index (χ3v) is 3.18. The fourth-order valence-corrected chi connectivity index (χ4v) is 2.11. The van der Waals surface area contributed by atoms with Gasteiger partial charge in [0.25, 0.3) is 11.6 Å². The zero-order chi connectivity index (χ0) is 16.1. The summed E-state index contributed by atoms with van der Waals surface area (Å²) in [5.74, 6) is -0.511. The Labute approximate surface area is 135 Å². The van der Waals surface area contributed by atoms with Crippen LogP contribution in [0.15, 0.2) is 47.6 Å². The van der Waals surface area contributed by atoms with E-state index < -0.39 is 10.8 Å². The maximum atomic E-state index is 11.9. The summed E-state index contributed by atoms with van der Waals surface area (Å²) in [6.45, 7) is 0. The molecule has 0 saturated carbocycles. The quantitative estimate of drug-likeness (QED) is 0.524. The number of halogens is 2. The van der Waals surface area contributed by atoms with Gasteiger partial charge in [-0.25, -0.2) is 5.43 Å². The first kappa shape index (κ1) is 15.9. The molecule has 0 aliphatic heterocycles. The number of non-ortho nitro benzene ring substituents is 1. The van der Waals surface area contributed by atoms with Gasteiger partial charge in [0.15, 0.2) is 0 Å². The predicted octanol–water partition coefficient (Wildman–Crippen LogP) is 3.67. The Bertz CT molecular complexity index is 763. The number of nitro benzene ring substituents is 1. The molecule has 1 N–H and O–H groups in total. The molecule has 0 aliphatic rings. The van der Waals surface area contributed by atoms with E-state index in [2.05, 4.69) is 10.5 Å². The van der Waals surface area contributed by atoms with Crippen molar-refractivity contribution in [1.82, 2.24) is 5.43 Å². The van der Waals surface area contributed by atoms with E-state index in [1.165, 1.54) is 42.6 Å². The predicted molar refractivity (Wildman–Crippen MR) is 84.6 cm³/mol. The van der Waals surface area contributed by atoms with Gasteiger partial charge < -0.3 is 0 Å². The summed E-state index contributed by atoms with van der Waals surface area (Å²) in [7, 11) is 0. The normalized spacial score (nSPS) is 10.6. The van der Waals surface area contributed by atoms with E-state index in [0.717, 1.165) is 0 Å². The van der Waals surface area contributed by atoms with Crippen LogP contribution in [0.5, 0.6) is 0 Å². The average molecular weight is 338 g/mol. The third-order valence-electron chi connectivity index (χ3n) is 2.64. The minimum absolute atomic E-state index is 0.0592. The van der Waals surface area contributed by atoms with Gasteiger partial charge in [-0.3, -0.25) is 14.9 Å². The van der Waals surface area contributed by atoms with Crippen LogP contribution in [-0.2, 0) is 0 Å². The van der Waals surface area contributed by atoms with Gasteiger partial charge in [0.2, 0.25) is 0 Å². The Kier molecular flexibility index (Phi) is 5.08. The van der Waals surface area contributed by atoms with Crippen LogP contribution in [0.25, 0.3) is 0 Å². The van der Waals surface area contributed by atoms with Crippen LogP contribution in [0.1, 0.15) is 15.9 Å². The number of nitrogens with zero attached hydrogens (tertiary/aromatic N) is 2. The van der Waals surface area contributed by atoms with Gasteiger partial charge in [0.05, 0.1) is 21.7 Å². The van der Waals surface area contributed by atoms with E-state index in [1.807, 2.05) is 0 Å². The smallest absolute Gasteiger partial charge is 0.267 e. The summed E-state index contributed by atoms with van der Waals surface area (Å²) in [5, 5.41) is 15.0. The molecule has 0 atom stereocenters. The minimum Gasteiger partial charge on any atom is -0.267 e. The standard InChI is InChI=1S/C14H9Cl2N3O3/c15-10-4-5-12(13(16)7-10)14(20)18-17-8-9-2-1-3-11(6-9)19(21)22/h1-8H,(H,18,20)/b17-8+. The Hall–Kier alpha value is -2.44. The molecule has 0 bridgehead atoms. The second-order valence-corrected chi connectivity index (χ2v) is 5.02. The van der Waals surface area contributed by atoms with Crippen molar-refractivity contribution in [1.29, 1.82) is 0 Å². The molecule has 0 fully saturated rings. The number of hydrogen-bond acceptors (Lipinski definition) is 4. The lowest BCUT2D eigenvalue weighted by Gasteiger charge is -2.02. The lowest BCUT2D eigenvalue weighted by atomic mass is 10.2. The maximum absolute atomic E-state index is 11.9. The van der Waals surface area contributed by atoms with Crippen LogP contribution >= 0.6 is 23.2 Å². The van der Waals surface area contributed by atoms with E-state index in [-0.39, 0.29) is 16.3 Å². The van der Waals surface area contributed by atoms with E-state index in [1.54, 1.807) is 6.07 Å². The van der Waals surface area contributed by atoms with Crippen LogP contribution in [0.3, 0.4) is 0 Å². The molecule has 2 rings (SSSR count). The summed E-state index contributed by atoms with van der Waals surface area (Å²) < 4.78 is 0. The number of carbonyl (C=O) groups is 1. The van der Waals surface area contributed by atoms with Crippen molar-refractivity contribution in [3.63, 3.8) is 0 Å². The molecular weight excluding hydrogens is 329 g/mol. The van der Waals surface area contributed by atoms with Crippen molar-refractivity contribution in [2.45, 2.75) is 0 Å². The topological polar surface area (TPSA) is 84.6 Å². The molecule has 0 saturated heterocycles. The van der Waals surface area contributed by atoms with E-state index in [9.17, 15) is 14.9 Å². The highest BCUT2D eigenvalue weighted by Gasteiger charge is 2.09. The molecule has 22 heavy (non-hydrogen) atoms. The molecule has 0 aromatic heterocycles. The van der Waals surface area contributed by atoms with Gasteiger partial charge in [-0.05, 0) is 18.2 Å². The molecule has 6 nitrogen and oxygen atoms in total. The Morgan fingerprint density at radius 2 is 2.00 bits per heavy atom. The SMILES string of the molecule is O=C(N/N=C/c1cccc([N+](=O)[O-])c1)c1ccc(Cl)cc1Cl. The lowest BCUT2D eigenvalue weighted by molar-refractivity contribution is -0.384. The summed E-state index contributed by atoms with van der Waals surface area (Å²) in [6.07, 6.45) is 1.30. The van der Waals surface area contributed by atoms with Crippen LogP contribution in [0, 0.1) is 10.1 Å². The number of rotatable bonds is 4. The first-order valence-electron chi connectivity index (χ1n) is 6.00. The van der Waals surface area contributed by atoms with Gasteiger partial charge in [0, 0.05) is 22.7 Å². The number of benzene rings is 2. The second kappa shape index (κ2) is 7.02. The van der Waals surface area contributed by atoms with Crippen molar-refractivity contribution in [3.8, 4) is 0 Å². The number of carbonyl (C=O) groups excluding carboxylic acids is 1. The van der Waals surface area contributed by atoms with Gasteiger partial charge >= 0.3 is 0 Å². The van der Waals surface area contributed by atoms with Crippen LogP contribution in [0.2, 0.25) is 10.0 Å². The highest BCUT2D eigenvalue weighted by Crippen LogP contribution is 2.20. The van der Waals surface area contributed by atoms with E-state index in [0.29, 0.717) is 10.6 Å². The molecular formula is C14H9Cl2N3O3. The fourth-order valence-electron chi connectivity index (χ4n) is 1.62. The molecule has 0 spiro atoms. The second-order valence-electron chi connectivity index (χ2n) is 4.18. The zero-order valence-electron chi connectivity index (χ0n) is 11.0. The Morgan fingerprint density at radius 1 is 1.23 bits per heavy atom. The summed E-state index contributed by atoms with van der Waals surface area (Å²) >= 11 is 11.6. The molecule has 112 valence electrons. The fraction of sp³-hybridized carbons (Fsp3) is 0. The van der Waals surface area contributed by atoms with Crippen molar-refractivity contribution in [3.05, 3.63) is 73.8 Å². The monoisotopic (exact) mass is 337 g/mol. The largest absolute Gasteiger partial charge is 0.272 e. The first-order chi connectivity index (χ1) is 10.5. The Morgan fingerprint density at radius 3 is 2.68 bits per heavy atom. The summed E-state index contributed by atoms with van der Waals surface area (Å²) in [6, 6.07) is 10.3. The molecule has 2 aromatic rings. The van der Waals surface area contributed by atoms with Gasteiger partial charge in [-0.1, -0.05) is 35.3 Å². The summed E-state index contributed by atoms with van der Waals surface area (Å²) in [4.78, 5) is 22.0. The number of nitrogens with one attached hydrogen (secondary N) is 1. The van der Waals surface area contributed by atoms with Crippen LogP contribution in [0.4, 0.5) is 5.69 Å². The third kappa shape index (κ3) is 4.03. The van der Waals surface area contributed by atoms with Gasteiger partial charge in [-0.2, -0.15) is 5.10 Å². The van der Waals surface area contributed by atoms with Crippen molar-refractivity contribution >= 4 is 41.0 Å². The summed E-state index contributed by atoms with van der Waals surface area (Å²) in [5.41, 5.74) is 2.94. The van der Waals surface area contributed by atoms with Crippen LogP contribution in [-0.4, -0.2) is 17.0 Å². The number of hydrogen-bond donors (Lipinski definition) is 1. The number of hydrazone groups is 1. The van der Waals surface area contributed by atoms with Gasteiger partial charge in [-0.15, -0.1) is 0 Å². The van der Waals surface area contributed by atoms with Crippen LogP contribution < -0.4 is 5.43 Å². The molecule has 2 aromatic carbocycles. The van der Waals surface area contributed by atoms with E-state index >= 15 is 0 Å². The minimum atomic E-state index is -0.511.